The number of aromatic amines is 1. The van der Waals surface area contributed by atoms with Crippen LogP contribution in [0.3, 0.4) is 0 Å². The van der Waals surface area contributed by atoms with Crippen molar-refractivity contribution in [1.82, 2.24) is 14.9 Å². The van der Waals surface area contributed by atoms with E-state index in [-0.39, 0.29) is 11.6 Å². The van der Waals surface area contributed by atoms with E-state index in [1.165, 1.54) is 0 Å². The smallest absolute Gasteiger partial charge is 0.258 e. The first kappa shape index (κ1) is 18.9. The van der Waals surface area contributed by atoms with Gasteiger partial charge in [0.05, 0.1) is 30.7 Å². The normalized spacial score (nSPS) is 12.3. The average Bonchev–Trinajstić information content (AvgIpc) is 2.68. The Morgan fingerprint density at radius 3 is 2.70 bits per heavy atom. The lowest BCUT2D eigenvalue weighted by molar-refractivity contribution is 0.243. The fourth-order valence-corrected chi connectivity index (χ4v) is 3.02. The van der Waals surface area contributed by atoms with Crippen LogP contribution in [0, 0.1) is 0 Å². The van der Waals surface area contributed by atoms with Crippen LogP contribution in [0.1, 0.15) is 31.3 Å². The molecule has 1 atom stereocenters. The molecule has 6 heteroatoms. The number of ether oxygens (including phenoxy) is 2. The van der Waals surface area contributed by atoms with Gasteiger partial charge in [0.2, 0.25) is 0 Å². The van der Waals surface area contributed by atoms with Crippen molar-refractivity contribution >= 4 is 10.9 Å². The summed E-state index contributed by atoms with van der Waals surface area (Å²) in [5.74, 6) is 2.10. The zero-order valence-corrected chi connectivity index (χ0v) is 16.2. The molecular weight excluding hydrogens is 342 g/mol. The Morgan fingerprint density at radius 1 is 1.19 bits per heavy atom. The van der Waals surface area contributed by atoms with Gasteiger partial charge in [0.15, 0.2) is 11.5 Å². The number of H-pyrrole nitrogens is 1. The van der Waals surface area contributed by atoms with Gasteiger partial charge in [-0.15, -0.1) is 0 Å². The number of para-hydroxylation sites is 1. The SMILES string of the molecule is CCOc1ccc(CN(C)[C@@H](C)c2nc3ccccc3c(=O)[nH]2)cc1OC. The van der Waals surface area contributed by atoms with Crippen molar-refractivity contribution in [3.8, 4) is 11.5 Å². The number of aromatic nitrogens is 2. The highest BCUT2D eigenvalue weighted by atomic mass is 16.5. The van der Waals surface area contributed by atoms with E-state index in [1.807, 2.05) is 57.3 Å². The molecule has 1 N–H and O–H groups in total. The summed E-state index contributed by atoms with van der Waals surface area (Å²) in [5, 5.41) is 0.604. The predicted molar refractivity (Wildman–Crippen MR) is 106 cm³/mol. The Hall–Kier alpha value is -2.86. The Bertz CT molecular complexity index is 984. The number of rotatable bonds is 7. The van der Waals surface area contributed by atoms with E-state index in [2.05, 4.69) is 14.9 Å². The van der Waals surface area contributed by atoms with Gasteiger partial charge in [0, 0.05) is 6.54 Å². The van der Waals surface area contributed by atoms with Crippen LogP contribution in [0.5, 0.6) is 11.5 Å². The van der Waals surface area contributed by atoms with Gasteiger partial charge in [0.1, 0.15) is 5.82 Å². The number of nitrogens with one attached hydrogen (secondary N) is 1. The third-order valence-corrected chi connectivity index (χ3v) is 4.65. The Labute approximate surface area is 158 Å². The van der Waals surface area contributed by atoms with Crippen molar-refractivity contribution in [2.45, 2.75) is 26.4 Å². The summed E-state index contributed by atoms with van der Waals surface area (Å²) in [4.78, 5) is 22.0. The molecule has 0 aliphatic rings. The van der Waals surface area contributed by atoms with Crippen molar-refractivity contribution in [1.29, 1.82) is 0 Å². The molecule has 3 aromatic rings. The minimum absolute atomic E-state index is 0.0557. The highest BCUT2D eigenvalue weighted by Crippen LogP contribution is 2.29. The lowest BCUT2D eigenvalue weighted by atomic mass is 10.1. The Balaban J connectivity index is 1.82. The van der Waals surface area contributed by atoms with Crippen molar-refractivity contribution in [3.05, 3.63) is 64.2 Å². The van der Waals surface area contributed by atoms with Gasteiger partial charge in [-0.05, 0) is 50.7 Å². The molecule has 0 spiro atoms. The molecule has 0 saturated carbocycles. The number of nitrogens with zero attached hydrogens (tertiary/aromatic N) is 2. The lowest BCUT2D eigenvalue weighted by Gasteiger charge is -2.24. The number of methoxy groups -OCH3 is 1. The fraction of sp³-hybridized carbons (Fsp3) is 0.333. The van der Waals surface area contributed by atoms with Crippen molar-refractivity contribution in [2.75, 3.05) is 20.8 Å². The lowest BCUT2D eigenvalue weighted by Crippen LogP contribution is -2.26. The van der Waals surface area contributed by atoms with E-state index in [1.54, 1.807) is 13.2 Å². The molecule has 142 valence electrons. The molecular formula is C21H25N3O3. The van der Waals surface area contributed by atoms with Gasteiger partial charge in [-0.25, -0.2) is 4.98 Å². The second-order valence-electron chi connectivity index (χ2n) is 6.48. The minimum Gasteiger partial charge on any atom is -0.493 e. The van der Waals surface area contributed by atoms with Crippen LogP contribution in [-0.4, -0.2) is 35.6 Å². The van der Waals surface area contributed by atoms with Gasteiger partial charge < -0.3 is 14.5 Å². The van der Waals surface area contributed by atoms with Crippen LogP contribution in [-0.2, 0) is 6.54 Å². The standard InChI is InChI=1S/C21H25N3O3/c1-5-27-18-11-10-15(12-19(18)26-4)13-24(3)14(2)20-22-17-9-7-6-8-16(17)21(25)23-20/h6-12,14H,5,13H2,1-4H3,(H,22,23,25)/t14-/m0/s1. The molecule has 0 fully saturated rings. The van der Waals surface area contributed by atoms with Crippen LogP contribution in [0.15, 0.2) is 47.3 Å². The number of hydrogen-bond acceptors (Lipinski definition) is 5. The second-order valence-corrected chi connectivity index (χ2v) is 6.48. The molecule has 0 radical (unpaired) electrons. The average molecular weight is 367 g/mol. The summed E-state index contributed by atoms with van der Waals surface area (Å²) in [6.45, 7) is 5.24. The molecule has 1 aromatic heterocycles. The van der Waals surface area contributed by atoms with E-state index < -0.39 is 0 Å². The van der Waals surface area contributed by atoms with E-state index >= 15 is 0 Å². The zero-order chi connectivity index (χ0) is 19.4. The van der Waals surface area contributed by atoms with Crippen LogP contribution in [0.2, 0.25) is 0 Å². The maximum Gasteiger partial charge on any atom is 0.258 e. The summed E-state index contributed by atoms with van der Waals surface area (Å²) < 4.78 is 11.0. The van der Waals surface area contributed by atoms with Gasteiger partial charge in [-0.1, -0.05) is 18.2 Å². The summed E-state index contributed by atoms with van der Waals surface area (Å²) in [7, 11) is 3.64. The van der Waals surface area contributed by atoms with Gasteiger partial charge >= 0.3 is 0 Å². The summed E-state index contributed by atoms with van der Waals surface area (Å²) >= 11 is 0. The Kier molecular flexibility index (Phi) is 5.76. The topological polar surface area (TPSA) is 67.5 Å². The quantitative estimate of drug-likeness (QED) is 0.692. The maximum absolute atomic E-state index is 12.3. The molecule has 27 heavy (non-hydrogen) atoms. The van der Waals surface area contributed by atoms with E-state index in [9.17, 15) is 4.79 Å². The maximum atomic E-state index is 12.3. The van der Waals surface area contributed by atoms with Crippen LogP contribution in [0.25, 0.3) is 10.9 Å². The third-order valence-electron chi connectivity index (χ3n) is 4.65. The number of benzene rings is 2. The van der Waals surface area contributed by atoms with Crippen LogP contribution < -0.4 is 15.0 Å². The molecule has 0 bridgehead atoms. The van der Waals surface area contributed by atoms with Crippen LogP contribution >= 0.6 is 0 Å². The van der Waals surface area contributed by atoms with Crippen molar-refractivity contribution in [3.63, 3.8) is 0 Å². The molecule has 1 heterocycles. The van der Waals surface area contributed by atoms with Gasteiger partial charge in [-0.2, -0.15) is 0 Å². The predicted octanol–water partition coefficient (Wildman–Crippen LogP) is 3.52. The second kappa shape index (κ2) is 8.22. The van der Waals surface area contributed by atoms with E-state index in [4.69, 9.17) is 9.47 Å². The van der Waals surface area contributed by atoms with Gasteiger partial charge in [-0.3, -0.25) is 9.69 Å². The van der Waals surface area contributed by atoms with Crippen molar-refractivity contribution < 1.29 is 9.47 Å². The van der Waals surface area contributed by atoms with Gasteiger partial charge in [0.25, 0.3) is 5.56 Å². The largest absolute Gasteiger partial charge is 0.493 e. The molecule has 0 aliphatic heterocycles. The zero-order valence-electron chi connectivity index (χ0n) is 16.2. The molecule has 6 nitrogen and oxygen atoms in total. The Morgan fingerprint density at radius 2 is 1.96 bits per heavy atom. The number of hydrogen-bond donors (Lipinski definition) is 1. The first-order valence-corrected chi connectivity index (χ1v) is 9.02. The molecule has 0 unspecified atom stereocenters. The molecule has 3 rings (SSSR count). The highest BCUT2D eigenvalue weighted by Gasteiger charge is 2.17. The summed E-state index contributed by atoms with van der Waals surface area (Å²) in [6.07, 6.45) is 0. The summed E-state index contributed by atoms with van der Waals surface area (Å²) in [6, 6.07) is 13.2. The molecule has 2 aromatic carbocycles. The first-order chi connectivity index (χ1) is 13.0. The third kappa shape index (κ3) is 4.11. The van der Waals surface area contributed by atoms with Crippen molar-refractivity contribution in [2.24, 2.45) is 0 Å². The monoisotopic (exact) mass is 367 g/mol. The molecule has 0 amide bonds. The van der Waals surface area contributed by atoms with Crippen LogP contribution in [0.4, 0.5) is 0 Å². The first-order valence-electron chi connectivity index (χ1n) is 9.02. The highest BCUT2D eigenvalue weighted by molar-refractivity contribution is 5.77. The van der Waals surface area contributed by atoms with E-state index in [0.29, 0.717) is 35.6 Å². The van der Waals surface area contributed by atoms with E-state index in [0.717, 1.165) is 11.3 Å². The minimum atomic E-state index is -0.112. The fourth-order valence-electron chi connectivity index (χ4n) is 3.02. The number of fused-ring (bicyclic) bond motifs is 1. The summed E-state index contributed by atoms with van der Waals surface area (Å²) in [5.41, 5.74) is 1.69. The molecule has 0 aliphatic carbocycles. The molecule has 0 saturated heterocycles.